The zero-order valence-corrected chi connectivity index (χ0v) is 10.8. The van der Waals surface area contributed by atoms with Crippen LogP contribution in [0.3, 0.4) is 0 Å². The van der Waals surface area contributed by atoms with Gasteiger partial charge in [0.2, 0.25) is 0 Å². The van der Waals surface area contributed by atoms with Crippen LogP contribution in [0.15, 0.2) is 16.4 Å². The van der Waals surface area contributed by atoms with E-state index < -0.39 is 10.0 Å². The topological polar surface area (TPSA) is 114 Å². The Labute approximate surface area is 103 Å². The first-order valence-corrected chi connectivity index (χ1v) is 6.22. The molecule has 96 valence electrons. The summed E-state index contributed by atoms with van der Waals surface area (Å²) in [5.74, 6) is -0.227. The van der Waals surface area contributed by atoms with Gasteiger partial charge in [0.1, 0.15) is 0 Å². The first-order chi connectivity index (χ1) is 7.80. The van der Waals surface area contributed by atoms with Crippen LogP contribution in [0.5, 0.6) is 0 Å². The van der Waals surface area contributed by atoms with Crippen molar-refractivity contribution in [3.05, 3.63) is 11.2 Å². The van der Waals surface area contributed by atoms with Gasteiger partial charge in [-0.05, 0) is 0 Å². The van der Waals surface area contributed by atoms with E-state index >= 15 is 0 Å². The van der Waals surface area contributed by atoms with Crippen LogP contribution in [-0.4, -0.2) is 47.1 Å². The first kappa shape index (κ1) is 13.7. The van der Waals surface area contributed by atoms with Crippen LogP contribution in [0, 0.1) is 0 Å². The molecule has 0 aliphatic carbocycles. The summed E-state index contributed by atoms with van der Waals surface area (Å²) in [7, 11) is -1.09. The second kappa shape index (κ2) is 4.90. The highest BCUT2D eigenvalue weighted by atomic mass is 35.5. The van der Waals surface area contributed by atoms with Crippen molar-refractivity contribution in [3.8, 4) is 0 Å². The molecule has 3 N–H and O–H groups in total. The van der Waals surface area contributed by atoms with Gasteiger partial charge < -0.3 is 10.9 Å². The second-order valence-electron chi connectivity index (χ2n) is 3.27. The molecule has 0 amide bonds. The van der Waals surface area contributed by atoms with E-state index in [0.29, 0.717) is 0 Å². The monoisotopic (exact) mass is 281 g/mol. The lowest BCUT2D eigenvalue weighted by Crippen LogP contribution is -2.36. The van der Waals surface area contributed by atoms with Gasteiger partial charge in [-0.1, -0.05) is 16.8 Å². The third-order valence-electron chi connectivity index (χ3n) is 2.01. The molecule has 0 fully saturated rings. The number of hydrogen-bond donors (Lipinski definition) is 2. The quantitative estimate of drug-likeness (QED) is 0.332. The van der Waals surface area contributed by atoms with Crippen LogP contribution in [-0.2, 0) is 17.1 Å². The molecule has 0 unspecified atom stereocenters. The lowest BCUT2D eigenvalue weighted by Gasteiger charge is -2.16. The van der Waals surface area contributed by atoms with Crippen molar-refractivity contribution in [1.29, 1.82) is 0 Å². The Morgan fingerprint density at radius 1 is 1.76 bits per heavy atom. The normalized spacial score (nSPS) is 13.3. The Balaban J connectivity index is 3.12. The summed E-state index contributed by atoms with van der Waals surface area (Å²) in [5.41, 5.74) is 5.24. The summed E-state index contributed by atoms with van der Waals surface area (Å²) < 4.78 is 26.2. The van der Waals surface area contributed by atoms with E-state index in [4.69, 9.17) is 22.5 Å². The molecule has 17 heavy (non-hydrogen) atoms. The molecular weight excluding hydrogens is 270 g/mol. The molecule has 0 bridgehead atoms. The molecule has 1 heterocycles. The number of amidine groups is 1. The highest BCUT2D eigenvalue weighted by Crippen LogP contribution is 2.22. The van der Waals surface area contributed by atoms with Crippen molar-refractivity contribution in [2.24, 2.45) is 17.9 Å². The van der Waals surface area contributed by atoms with Gasteiger partial charge in [0.25, 0.3) is 10.0 Å². The molecule has 0 aromatic carbocycles. The Hall–Kier alpha value is -1.32. The van der Waals surface area contributed by atoms with E-state index in [2.05, 4.69) is 10.3 Å². The van der Waals surface area contributed by atoms with Crippen LogP contribution in [0.4, 0.5) is 0 Å². The predicted molar refractivity (Wildman–Crippen MR) is 61.4 cm³/mol. The maximum absolute atomic E-state index is 12.1. The van der Waals surface area contributed by atoms with Crippen molar-refractivity contribution in [3.63, 3.8) is 0 Å². The lowest BCUT2D eigenvalue weighted by atomic mass is 10.6. The van der Waals surface area contributed by atoms with Gasteiger partial charge in [-0.2, -0.15) is 9.40 Å². The van der Waals surface area contributed by atoms with Crippen molar-refractivity contribution in [2.45, 2.75) is 5.03 Å². The van der Waals surface area contributed by atoms with Crippen LogP contribution in [0.1, 0.15) is 0 Å². The van der Waals surface area contributed by atoms with Gasteiger partial charge in [0.05, 0.1) is 17.8 Å². The molecule has 1 aromatic heterocycles. The minimum atomic E-state index is -3.83. The fourth-order valence-electron chi connectivity index (χ4n) is 1.18. The van der Waals surface area contributed by atoms with Crippen molar-refractivity contribution < 1.29 is 13.6 Å². The van der Waals surface area contributed by atoms with Crippen molar-refractivity contribution >= 4 is 27.5 Å². The highest BCUT2D eigenvalue weighted by molar-refractivity contribution is 7.89. The Kier molecular flexibility index (Phi) is 3.96. The summed E-state index contributed by atoms with van der Waals surface area (Å²) in [6.07, 6.45) is 1.23. The van der Waals surface area contributed by atoms with Crippen LogP contribution >= 0.6 is 11.6 Å². The summed E-state index contributed by atoms with van der Waals surface area (Å²) in [5, 5.41) is 14.7. The summed E-state index contributed by atoms with van der Waals surface area (Å²) in [6.45, 7) is -0.250. The minimum absolute atomic E-state index is 0.0128. The average Bonchev–Trinajstić information content (AvgIpc) is 2.58. The molecular formula is C7H12ClN5O3S. The van der Waals surface area contributed by atoms with Gasteiger partial charge in [0, 0.05) is 14.1 Å². The molecule has 0 aliphatic heterocycles. The molecule has 0 saturated carbocycles. The minimum Gasteiger partial charge on any atom is -0.409 e. The third-order valence-corrected chi connectivity index (χ3v) is 4.32. The second-order valence-corrected chi connectivity index (χ2v) is 5.64. The largest absolute Gasteiger partial charge is 0.409 e. The number of likely N-dealkylation sites (N-methyl/N-ethyl adjacent to an activating group) is 1. The maximum Gasteiger partial charge on any atom is 0.261 e. The van der Waals surface area contributed by atoms with Gasteiger partial charge >= 0.3 is 0 Å². The Bertz CT molecular complexity index is 518. The number of rotatable bonds is 4. The van der Waals surface area contributed by atoms with Crippen molar-refractivity contribution in [2.75, 3.05) is 13.6 Å². The van der Waals surface area contributed by atoms with E-state index in [1.807, 2.05) is 0 Å². The molecule has 0 atom stereocenters. The zero-order valence-electron chi connectivity index (χ0n) is 9.20. The lowest BCUT2D eigenvalue weighted by molar-refractivity contribution is 0.315. The Morgan fingerprint density at radius 2 is 2.35 bits per heavy atom. The van der Waals surface area contributed by atoms with Gasteiger partial charge in [-0.15, -0.1) is 0 Å². The summed E-state index contributed by atoms with van der Waals surface area (Å²) in [6, 6.07) is 0. The summed E-state index contributed by atoms with van der Waals surface area (Å²) in [4.78, 5) is 0. The van der Waals surface area contributed by atoms with Gasteiger partial charge in [-0.25, -0.2) is 8.42 Å². The van der Waals surface area contributed by atoms with Crippen LogP contribution in [0.25, 0.3) is 0 Å². The van der Waals surface area contributed by atoms with Crippen LogP contribution < -0.4 is 5.73 Å². The van der Waals surface area contributed by atoms with E-state index in [9.17, 15) is 8.42 Å². The number of nitrogens with two attached hydrogens (primary N) is 1. The fraction of sp³-hybridized carbons (Fsp3) is 0.429. The number of sulfonamides is 1. The highest BCUT2D eigenvalue weighted by Gasteiger charge is 2.28. The fourth-order valence-corrected chi connectivity index (χ4v) is 2.92. The Morgan fingerprint density at radius 3 is 2.76 bits per heavy atom. The molecule has 1 aromatic rings. The standard InChI is InChI=1S/C7H12ClN5O3S/c1-12(4-6(9)11-14)17(15,16)7-5(8)3-10-13(7)2/h3,14H,4H2,1-2H3,(H2,9,11). The van der Waals surface area contributed by atoms with Gasteiger partial charge in [-0.3, -0.25) is 4.68 Å². The number of oxime groups is 1. The molecule has 0 aliphatic rings. The zero-order chi connectivity index (χ0) is 13.2. The molecule has 0 spiro atoms. The van der Waals surface area contributed by atoms with Crippen LogP contribution in [0.2, 0.25) is 5.02 Å². The smallest absolute Gasteiger partial charge is 0.261 e. The van der Waals surface area contributed by atoms with E-state index in [1.54, 1.807) is 0 Å². The van der Waals surface area contributed by atoms with Gasteiger partial charge in [0.15, 0.2) is 10.9 Å². The average molecular weight is 282 g/mol. The molecule has 10 heteroatoms. The maximum atomic E-state index is 12.1. The van der Waals surface area contributed by atoms with E-state index in [1.165, 1.54) is 20.3 Å². The number of halogens is 1. The SMILES string of the molecule is CN(CC(N)=NO)S(=O)(=O)c1c(Cl)cnn1C. The predicted octanol–water partition coefficient (Wildman–Crippen LogP) is -0.560. The third kappa shape index (κ3) is 2.68. The molecule has 0 saturated heterocycles. The first-order valence-electron chi connectivity index (χ1n) is 4.41. The summed E-state index contributed by atoms with van der Waals surface area (Å²) >= 11 is 5.74. The molecule has 1 rings (SSSR count). The number of aryl methyl sites for hydroxylation is 1. The number of nitrogens with zero attached hydrogens (tertiary/aromatic N) is 4. The van der Waals surface area contributed by atoms with Crippen molar-refractivity contribution in [1.82, 2.24) is 14.1 Å². The van der Waals surface area contributed by atoms with E-state index in [-0.39, 0.29) is 22.4 Å². The van der Waals surface area contributed by atoms with E-state index in [0.717, 1.165) is 8.99 Å². The number of hydrogen-bond acceptors (Lipinski definition) is 5. The number of aromatic nitrogens is 2. The molecule has 8 nitrogen and oxygen atoms in total. The molecule has 0 radical (unpaired) electrons.